The van der Waals surface area contributed by atoms with Crippen molar-refractivity contribution in [3.05, 3.63) is 28.8 Å². The van der Waals surface area contributed by atoms with Crippen molar-refractivity contribution in [1.82, 2.24) is 4.90 Å². The van der Waals surface area contributed by atoms with E-state index in [1.54, 1.807) is 6.07 Å². The van der Waals surface area contributed by atoms with Gasteiger partial charge in [-0.2, -0.15) is 0 Å². The number of aliphatic hydroxyl groups excluding tert-OH is 1. The highest BCUT2D eigenvalue weighted by molar-refractivity contribution is 5.76. The lowest BCUT2D eigenvalue weighted by molar-refractivity contribution is -0.146. The fourth-order valence-corrected chi connectivity index (χ4v) is 3.16. The zero-order valence-electron chi connectivity index (χ0n) is 13.7. The monoisotopic (exact) mass is 307 g/mol. The lowest BCUT2D eigenvalue weighted by atomic mass is 9.95. The number of benzene rings is 1. The maximum absolute atomic E-state index is 11.8. The summed E-state index contributed by atoms with van der Waals surface area (Å²) in [6.45, 7) is 7.03. The Morgan fingerprint density at radius 3 is 2.73 bits per heavy atom. The van der Waals surface area contributed by atoms with Crippen LogP contribution in [0.3, 0.4) is 0 Å². The number of aromatic hydroxyl groups is 1. The number of carbonyl (C=O) groups is 1. The van der Waals surface area contributed by atoms with Gasteiger partial charge in [0.1, 0.15) is 11.8 Å². The average Bonchev–Trinajstić information content (AvgIpc) is 2.81. The van der Waals surface area contributed by atoms with Gasteiger partial charge in [0.05, 0.1) is 13.2 Å². The molecule has 5 heteroatoms. The van der Waals surface area contributed by atoms with E-state index in [9.17, 15) is 15.0 Å². The quantitative estimate of drug-likeness (QED) is 0.832. The molecule has 0 aliphatic carbocycles. The molecule has 0 saturated carbocycles. The molecule has 1 aromatic carbocycles. The summed E-state index contributed by atoms with van der Waals surface area (Å²) in [5.41, 5.74) is 3.02. The van der Waals surface area contributed by atoms with Crippen molar-refractivity contribution in [2.24, 2.45) is 0 Å². The van der Waals surface area contributed by atoms with Gasteiger partial charge in [0.2, 0.25) is 0 Å². The topological polar surface area (TPSA) is 70.0 Å². The Bertz CT molecular complexity index is 556. The number of likely N-dealkylation sites (tertiary alicyclic amines) is 1. The molecule has 22 heavy (non-hydrogen) atoms. The van der Waals surface area contributed by atoms with Crippen LogP contribution in [0.2, 0.25) is 0 Å². The van der Waals surface area contributed by atoms with Crippen molar-refractivity contribution in [2.75, 3.05) is 13.7 Å². The molecule has 2 atom stereocenters. The Morgan fingerprint density at radius 1 is 1.45 bits per heavy atom. The molecule has 1 aromatic rings. The van der Waals surface area contributed by atoms with E-state index in [1.165, 1.54) is 12.7 Å². The number of ether oxygens (including phenoxy) is 1. The Kier molecular flexibility index (Phi) is 5.08. The zero-order chi connectivity index (χ0) is 16.4. The summed E-state index contributed by atoms with van der Waals surface area (Å²) in [5, 5.41) is 20.0. The number of nitrogens with zero attached hydrogens (tertiary/aromatic N) is 1. The molecule has 0 bridgehead atoms. The highest BCUT2D eigenvalue weighted by Gasteiger charge is 2.37. The predicted molar refractivity (Wildman–Crippen MR) is 83.8 cm³/mol. The summed E-state index contributed by atoms with van der Waals surface area (Å²) in [6, 6.07) is 3.31. The first-order chi connectivity index (χ1) is 10.3. The molecule has 1 fully saturated rings. The molecular formula is C17H25NO4. The van der Waals surface area contributed by atoms with Gasteiger partial charge in [-0.05, 0) is 30.0 Å². The number of carbonyl (C=O) groups excluding carboxylic acids is 1. The Morgan fingerprint density at radius 2 is 2.14 bits per heavy atom. The zero-order valence-corrected chi connectivity index (χ0v) is 13.7. The van der Waals surface area contributed by atoms with Gasteiger partial charge < -0.3 is 14.9 Å². The van der Waals surface area contributed by atoms with Crippen molar-refractivity contribution in [3.63, 3.8) is 0 Å². The number of rotatable bonds is 4. The Hall–Kier alpha value is -1.59. The van der Waals surface area contributed by atoms with E-state index in [0.717, 1.165) is 11.1 Å². The van der Waals surface area contributed by atoms with Crippen LogP contribution in [0, 0.1) is 6.92 Å². The van der Waals surface area contributed by atoms with Gasteiger partial charge in [0.25, 0.3) is 0 Å². The highest BCUT2D eigenvalue weighted by atomic mass is 16.5. The van der Waals surface area contributed by atoms with E-state index in [1.807, 2.05) is 17.9 Å². The first-order valence-corrected chi connectivity index (χ1v) is 7.65. The molecule has 122 valence electrons. The minimum absolute atomic E-state index is 0.229. The number of methoxy groups -OCH3 is 1. The summed E-state index contributed by atoms with van der Waals surface area (Å²) < 4.78 is 4.81. The minimum atomic E-state index is -0.540. The maximum Gasteiger partial charge on any atom is 0.323 e. The van der Waals surface area contributed by atoms with E-state index in [-0.39, 0.29) is 11.7 Å². The van der Waals surface area contributed by atoms with Crippen molar-refractivity contribution < 1.29 is 19.7 Å². The molecule has 0 radical (unpaired) electrons. The van der Waals surface area contributed by atoms with E-state index < -0.39 is 12.1 Å². The van der Waals surface area contributed by atoms with Crippen LogP contribution in [0.5, 0.6) is 5.75 Å². The predicted octanol–water partition coefficient (Wildman–Crippen LogP) is 1.93. The van der Waals surface area contributed by atoms with Crippen LogP contribution in [0.4, 0.5) is 0 Å². The maximum atomic E-state index is 11.8. The minimum Gasteiger partial charge on any atom is -0.508 e. The van der Waals surface area contributed by atoms with Crippen LogP contribution >= 0.6 is 0 Å². The average molecular weight is 307 g/mol. The summed E-state index contributed by atoms with van der Waals surface area (Å²) in [7, 11) is 1.35. The molecule has 0 spiro atoms. The second-order valence-electron chi connectivity index (χ2n) is 6.35. The number of hydrogen-bond donors (Lipinski definition) is 2. The summed E-state index contributed by atoms with van der Waals surface area (Å²) in [6.07, 6.45) is -0.169. The van der Waals surface area contributed by atoms with Gasteiger partial charge in [-0.3, -0.25) is 9.69 Å². The number of β-amino-alcohol motifs (C(OH)–C–C–N with tert-alkyl or cyclic N) is 1. The molecule has 2 rings (SSSR count). The normalized spacial score (nSPS) is 22.3. The SMILES string of the molecule is COC(=O)[C@@H]1C[C@H](O)CN1Cc1cc(C(C)C)c(C)cc1O. The second kappa shape index (κ2) is 6.67. The third-order valence-corrected chi connectivity index (χ3v) is 4.32. The number of aryl methyl sites for hydroxylation is 1. The highest BCUT2D eigenvalue weighted by Crippen LogP contribution is 2.30. The molecular weight excluding hydrogens is 282 g/mol. The lowest BCUT2D eigenvalue weighted by Gasteiger charge is -2.23. The number of esters is 1. The largest absolute Gasteiger partial charge is 0.508 e. The number of phenols is 1. The standard InChI is InChI=1S/C17H25NO4/c1-10(2)14-6-12(16(20)5-11(14)3)8-18-9-13(19)7-15(18)17(21)22-4/h5-6,10,13,15,19-20H,7-9H2,1-4H3/t13-,15-/m0/s1. The third kappa shape index (κ3) is 3.42. The van der Waals surface area contributed by atoms with Crippen molar-refractivity contribution in [1.29, 1.82) is 0 Å². The molecule has 1 aliphatic rings. The van der Waals surface area contributed by atoms with Crippen LogP contribution in [-0.2, 0) is 16.1 Å². The fraction of sp³-hybridized carbons (Fsp3) is 0.588. The third-order valence-electron chi connectivity index (χ3n) is 4.32. The van der Waals surface area contributed by atoms with Crippen molar-refractivity contribution in [3.8, 4) is 5.75 Å². The van der Waals surface area contributed by atoms with E-state index in [0.29, 0.717) is 25.4 Å². The van der Waals surface area contributed by atoms with Crippen LogP contribution in [0.25, 0.3) is 0 Å². The molecule has 2 N–H and O–H groups in total. The van der Waals surface area contributed by atoms with Crippen LogP contribution in [0.15, 0.2) is 12.1 Å². The smallest absolute Gasteiger partial charge is 0.323 e. The first kappa shape index (κ1) is 16.8. The second-order valence-corrected chi connectivity index (χ2v) is 6.35. The molecule has 1 aliphatic heterocycles. The van der Waals surface area contributed by atoms with Crippen LogP contribution in [0.1, 0.15) is 42.9 Å². The lowest BCUT2D eigenvalue weighted by Crippen LogP contribution is -2.36. The Labute approximate surface area is 131 Å². The van der Waals surface area contributed by atoms with Gasteiger partial charge in [-0.25, -0.2) is 0 Å². The number of phenolic OH excluding ortho intramolecular Hbond substituents is 1. The molecule has 0 amide bonds. The van der Waals surface area contributed by atoms with Crippen molar-refractivity contribution >= 4 is 5.97 Å². The van der Waals surface area contributed by atoms with Gasteiger partial charge in [-0.1, -0.05) is 19.9 Å². The summed E-state index contributed by atoms with van der Waals surface area (Å²) in [5.74, 6) is 0.249. The van der Waals surface area contributed by atoms with E-state index in [2.05, 4.69) is 13.8 Å². The van der Waals surface area contributed by atoms with E-state index in [4.69, 9.17) is 4.74 Å². The van der Waals surface area contributed by atoms with Crippen LogP contribution in [-0.4, -0.2) is 46.9 Å². The van der Waals surface area contributed by atoms with Gasteiger partial charge in [-0.15, -0.1) is 0 Å². The molecule has 0 aromatic heterocycles. The number of aliphatic hydroxyl groups is 1. The van der Waals surface area contributed by atoms with E-state index >= 15 is 0 Å². The first-order valence-electron chi connectivity index (χ1n) is 7.65. The number of hydrogen-bond acceptors (Lipinski definition) is 5. The van der Waals surface area contributed by atoms with Crippen LogP contribution < -0.4 is 0 Å². The summed E-state index contributed by atoms with van der Waals surface area (Å²) in [4.78, 5) is 13.7. The molecule has 0 unspecified atom stereocenters. The van der Waals surface area contributed by atoms with Gasteiger partial charge >= 0.3 is 5.97 Å². The molecule has 1 saturated heterocycles. The van der Waals surface area contributed by atoms with Crippen molar-refractivity contribution in [2.45, 2.75) is 51.8 Å². The Balaban J connectivity index is 2.25. The summed E-state index contributed by atoms with van der Waals surface area (Å²) >= 11 is 0. The van der Waals surface area contributed by atoms with Gasteiger partial charge in [0.15, 0.2) is 0 Å². The molecule has 1 heterocycles. The van der Waals surface area contributed by atoms with Gasteiger partial charge in [0, 0.05) is 25.1 Å². The molecule has 5 nitrogen and oxygen atoms in total. The fourth-order valence-electron chi connectivity index (χ4n) is 3.16.